The summed E-state index contributed by atoms with van der Waals surface area (Å²) in [4.78, 5) is 22.8. The van der Waals surface area contributed by atoms with Crippen LogP contribution in [-0.4, -0.2) is 31.6 Å². The average molecular weight is 382 g/mol. The zero-order valence-corrected chi connectivity index (χ0v) is 15.5. The van der Waals surface area contributed by atoms with Gasteiger partial charge >= 0.3 is 0 Å². The summed E-state index contributed by atoms with van der Waals surface area (Å²) < 4.78 is 3.28. The number of carbonyl (C=O) groups excluding carboxylic acids is 2. The van der Waals surface area contributed by atoms with Crippen LogP contribution in [0.3, 0.4) is 0 Å². The van der Waals surface area contributed by atoms with Crippen LogP contribution in [-0.2, 0) is 6.54 Å². The van der Waals surface area contributed by atoms with Gasteiger partial charge in [0.25, 0.3) is 0 Å². The summed E-state index contributed by atoms with van der Waals surface area (Å²) in [5.74, 6) is -0.157. The highest BCUT2D eigenvalue weighted by Gasteiger charge is 2.17. The first-order valence-electron chi connectivity index (χ1n) is 8.22. The van der Waals surface area contributed by atoms with Crippen LogP contribution in [0.2, 0.25) is 5.02 Å². The highest BCUT2D eigenvalue weighted by molar-refractivity contribution is 6.32. The highest BCUT2D eigenvalue weighted by atomic mass is 35.5. The predicted molar refractivity (Wildman–Crippen MR) is 99.7 cm³/mol. The largest absolute Gasteiger partial charge is 0.296 e. The van der Waals surface area contributed by atoms with Gasteiger partial charge in [0.05, 0.1) is 28.9 Å². The zero-order valence-electron chi connectivity index (χ0n) is 14.8. The molecule has 0 saturated heterocycles. The number of aldehydes is 1. The van der Waals surface area contributed by atoms with Gasteiger partial charge in [-0.3, -0.25) is 19.0 Å². The topological polar surface area (TPSA) is 93.6 Å². The number of nitrogens with zero attached hydrogens (tertiary/aromatic N) is 5. The van der Waals surface area contributed by atoms with Crippen molar-refractivity contribution >= 4 is 23.7 Å². The number of nitriles is 1. The molecule has 0 aliphatic rings. The Bertz CT molecular complexity index is 1060. The van der Waals surface area contributed by atoms with E-state index in [-0.39, 0.29) is 17.5 Å². The minimum absolute atomic E-state index is 0.157. The van der Waals surface area contributed by atoms with Gasteiger partial charge in [0.2, 0.25) is 0 Å². The first kappa shape index (κ1) is 18.5. The van der Waals surface area contributed by atoms with E-state index in [0.29, 0.717) is 29.1 Å². The molecule has 136 valence electrons. The maximum absolute atomic E-state index is 11.8. The average Bonchev–Trinajstić information content (AvgIpc) is 3.28. The molecule has 27 heavy (non-hydrogen) atoms. The molecule has 0 unspecified atom stereocenters. The lowest BCUT2D eigenvalue weighted by Gasteiger charge is -2.14. The molecule has 0 bridgehead atoms. The molecule has 3 rings (SSSR count). The second-order valence-corrected chi connectivity index (χ2v) is 6.56. The molecule has 0 spiro atoms. The van der Waals surface area contributed by atoms with Crippen molar-refractivity contribution in [2.75, 3.05) is 0 Å². The summed E-state index contributed by atoms with van der Waals surface area (Å²) in [5, 5.41) is 18.0. The Morgan fingerprint density at radius 1 is 1.33 bits per heavy atom. The van der Waals surface area contributed by atoms with Gasteiger partial charge < -0.3 is 0 Å². The summed E-state index contributed by atoms with van der Waals surface area (Å²) in [7, 11) is 0. The summed E-state index contributed by atoms with van der Waals surface area (Å²) >= 11 is 6.08. The molecule has 2 heterocycles. The number of benzene rings is 1. The fourth-order valence-corrected chi connectivity index (χ4v) is 3.02. The third-order valence-electron chi connectivity index (χ3n) is 4.13. The van der Waals surface area contributed by atoms with Crippen LogP contribution in [0.1, 0.15) is 46.4 Å². The lowest BCUT2D eigenvalue weighted by Crippen LogP contribution is -2.18. The summed E-state index contributed by atoms with van der Waals surface area (Å²) in [6.45, 7) is 3.80. The first-order chi connectivity index (χ1) is 12.9. The molecule has 0 radical (unpaired) electrons. The highest BCUT2D eigenvalue weighted by Crippen LogP contribution is 2.24. The van der Waals surface area contributed by atoms with Gasteiger partial charge in [-0.05, 0) is 31.2 Å². The van der Waals surface area contributed by atoms with E-state index in [2.05, 4.69) is 10.2 Å². The number of Topliss-reactive ketones (excluding diaryl/α,β-unsaturated/α-hetero) is 1. The quantitative estimate of drug-likeness (QED) is 0.480. The van der Waals surface area contributed by atoms with Crippen LogP contribution in [0.15, 0.2) is 36.5 Å². The van der Waals surface area contributed by atoms with E-state index in [4.69, 9.17) is 16.9 Å². The monoisotopic (exact) mass is 381 g/mol. The van der Waals surface area contributed by atoms with Gasteiger partial charge in [-0.2, -0.15) is 15.5 Å². The van der Waals surface area contributed by atoms with Crippen LogP contribution in [0.5, 0.6) is 0 Å². The molecule has 1 atom stereocenters. The van der Waals surface area contributed by atoms with Gasteiger partial charge in [-0.1, -0.05) is 17.7 Å². The van der Waals surface area contributed by atoms with Crippen molar-refractivity contribution in [2.24, 2.45) is 0 Å². The van der Waals surface area contributed by atoms with E-state index in [9.17, 15) is 9.59 Å². The predicted octanol–water partition coefficient (Wildman–Crippen LogP) is 3.55. The van der Waals surface area contributed by atoms with Crippen molar-refractivity contribution < 1.29 is 9.59 Å². The summed E-state index contributed by atoms with van der Waals surface area (Å²) in [6.07, 6.45) is 2.44. The fraction of sp³-hybridized carbons (Fsp3) is 0.211. The van der Waals surface area contributed by atoms with Crippen molar-refractivity contribution in [3.8, 4) is 17.3 Å². The van der Waals surface area contributed by atoms with E-state index < -0.39 is 0 Å². The van der Waals surface area contributed by atoms with Gasteiger partial charge in [0.1, 0.15) is 17.5 Å². The minimum atomic E-state index is -0.185. The summed E-state index contributed by atoms with van der Waals surface area (Å²) in [6, 6.07) is 10.3. The van der Waals surface area contributed by atoms with Crippen molar-refractivity contribution in [1.82, 2.24) is 19.6 Å². The van der Waals surface area contributed by atoms with Gasteiger partial charge in [-0.15, -0.1) is 0 Å². The minimum Gasteiger partial charge on any atom is -0.296 e. The fourth-order valence-electron chi connectivity index (χ4n) is 2.80. The Hall–Kier alpha value is -3.24. The molecule has 8 heteroatoms. The smallest absolute Gasteiger partial charge is 0.177 e. The second kappa shape index (κ2) is 7.56. The molecule has 0 N–H and O–H groups in total. The van der Waals surface area contributed by atoms with E-state index in [1.807, 2.05) is 25.3 Å². The van der Waals surface area contributed by atoms with Crippen LogP contribution in [0, 0.1) is 11.3 Å². The zero-order chi connectivity index (χ0) is 19.6. The lowest BCUT2D eigenvalue weighted by molar-refractivity contribution is 0.0999. The molecule has 1 aromatic carbocycles. The molecular formula is C19H16ClN5O2. The molecule has 2 aromatic heterocycles. The van der Waals surface area contributed by atoms with E-state index in [1.165, 1.54) is 13.0 Å². The third-order valence-corrected chi connectivity index (χ3v) is 4.44. The van der Waals surface area contributed by atoms with Crippen LogP contribution >= 0.6 is 11.6 Å². The number of hydrogen-bond donors (Lipinski definition) is 0. The van der Waals surface area contributed by atoms with Gasteiger partial charge in [-0.25, -0.2) is 0 Å². The maximum atomic E-state index is 11.8. The normalized spacial score (nSPS) is 11.8. The Kier molecular flexibility index (Phi) is 5.19. The number of aromatic nitrogens is 4. The van der Waals surface area contributed by atoms with Gasteiger partial charge in [0.15, 0.2) is 12.1 Å². The SMILES string of the molecule is CC(=O)c1cc(C=O)nn1[C@@H](C)Cn1ccc(-c2ccc(C#N)c(Cl)c2)n1. The van der Waals surface area contributed by atoms with Crippen LogP contribution < -0.4 is 0 Å². The van der Waals surface area contributed by atoms with E-state index in [1.54, 1.807) is 27.6 Å². The number of hydrogen-bond acceptors (Lipinski definition) is 5. The summed E-state index contributed by atoms with van der Waals surface area (Å²) in [5.41, 5.74) is 2.54. The first-order valence-corrected chi connectivity index (χ1v) is 8.60. The standard InChI is InChI=1S/C19H16ClN5O2/c1-12(25-19(13(2)27)8-16(11-26)22-25)10-24-6-5-18(23-24)14-3-4-15(9-21)17(20)7-14/h3-8,11-12H,10H2,1-2H3/t12-/m0/s1. The molecule has 0 amide bonds. The Morgan fingerprint density at radius 3 is 2.74 bits per heavy atom. The van der Waals surface area contributed by atoms with Crippen LogP contribution in [0.4, 0.5) is 0 Å². The van der Waals surface area contributed by atoms with E-state index >= 15 is 0 Å². The lowest BCUT2D eigenvalue weighted by atomic mass is 10.1. The van der Waals surface area contributed by atoms with Crippen molar-refractivity contribution in [3.63, 3.8) is 0 Å². The number of halogens is 1. The molecule has 0 aliphatic carbocycles. The third kappa shape index (κ3) is 3.81. The Balaban J connectivity index is 1.83. The van der Waals surface area contributed by atoms with E-state index in [0.717, 1.165) is 11.3 Å². The number of carbonyl (C=O) groups is 2. The molecule has 0 saturated carbocycles. The second-order valence-electron chi connectivity index (χ2n) is 6.15. The molecule has 3 aromatic rings. The van der Waals surface area contributed by atoms with Crippen molar-refractivity contribution in [3.05, 3.63) is 58.5 Å². The molecule has 7 nitrogen and oxygen atoms in total. The molecule has 0 fully saturated rings. The maximum Gasteiger partial charge on any atom is 0.177 e. The van der Waals surface area contributed by atoms with Gasteiger partial charge in [0, 0.05) is 18.7 Å². The molecule has 0 aliphatic heterocycles. The number of ketones is 1. The van der Waals surface area contributed by atoms with Crippen molar-refractivity contribution in [1.29, 1.82) is 5.26 Å². The number of rotatable bonds is 6. The van der Waals surface area contributed by atoms with Crippen LogP contribution in [0.25, 0.3) is 11.3 Å². The van der Waals surface area contributed by atoms with Crippen molar-refractivity contribution in [2.45, 2.75) is 26.4 Å². The molecular weight excluding hydrogens is 366 g/mol. The Labute approximate surface area is 160 Å². The Morgan fingerprint density at radius 2 is 2.11 bits per heavy atom.